The van der Waals surface area contributed by atoms with Crippen molar-refractivity contribution in [1.29, 1.82) is 0 Å². The van der Waals surface area contributed by atoms with Crippen LogP contribution in [-0.4, -0.2) is 65.9 Å². The summed E-state index contributed by atoms with van der Waals surface area (Å²) in [5.41, 5.74) is 1.68. The zero-order valence-electron chi connectivity index (χ0n) is 18.5. The number of nitrogens with zero attached hydrogens (tertiary/aromatic N) is 9. The van der Waals surface area contributed by atoms with Crippen LogP contribution in [0.25, 0.3) is 23.0 Å². The highest BCUT2D eigenvalue weighted by molar-refractivity contribution is 5.65. The molecular weight excluding hydrogens is 402 g/mol. The van der Waals surface area contributed by atoms with Crippen molar-refractivity contribution in [2.24, 2.45) is 0 Å². The quantitative estimate of drug-likeness (QED) is 0.497. The van der Waals surface area contributed by atoms with Crippen LogP contribution in [0.1, 0.15) is 25.0 Å². The van der Waals surface area contributed by atoms with Crippen molar-refractivity contribution < 1.29 is 0 Å². The van der Waals surface area contributed by atoms with E-state index in [0.717, 1.165) is 60.6 Å². The normalized spacial score (nSPS) is 20.0. The summed E-state index contributed by atoms with van der Waals surface area (Å²) in [7, 11) is 2.17. The van der Waals surface area contributed by atoms with Crippen LogP contribution in [0.4, 0.5) is 5.82 Å². The molecule has 0 unspecified atom stereocenters. The van der Waals surface area contributed by atoms with Gasteiger partial charge in [-0.25, -0.2) is 9.97 Å². The van der Waals surface area contributed by atoms with E-state index >= 15 is 0 Å². The van der Waals surface area contributed by atoms with E-state index in [1.54, 1.807) is 6.20 Å². The Morgan fingerprint density at radius 1 is 1.06 bits per heavy atom. The van der Waals surface area contributed by atoms with Crippen molar-refractivity contribution in [2.75, 3.05) is 31.6 Å². The summed E-state index contributed by atoms with van der Waals surface area (Å²) < 4.78 is 4.08. The molecule has 162 valence electrons. The second-order valence-electron chi connectivity index (χ2n) is 8.55. The Kier molecular flexibility index (Phi) is 4.16. The average molecular weight is 428 g/mol. The second-order valence-corrected chi connectivity index (χ2v) is 8.55. The Labute approximate surface area is 186 Å². The van der Waals surface area contributed by atoms with Crippen molar-refractivity contribution in [1.82, 2.24) is 39.2 Å². The molecule has 5 heterocycles. The van der Waals surface area contributed by atoms with Crippen LogP contribution < -0.4 is 4.90 Å². The Morgan fingerprint density at radius 2 is 1.91 bits per heavy atom. The topological polar surface area (TPSA) is 80.8 Å². The summed E-state index contributed by atoms with van der Waals surface area (Å²) >= 11 is 0. The molecule has 1 aromatic carbocycles. The molecule has 0 bridgehead atoms. The molecule has 0 radical (unpaired) electrons. The minimum Gasteiger partial charge on any atom is -0.339 e. The van der Waals surface area contributed by atoms with Gasteiger partial charge in [0, 0.05) is 37.6 Å². The van der Waals surface area contributed by atoms with Gasteiger partial charge in [-0.15, -0.1) is 10.2 Å². The molecule has 9 heteroatoms. The van der Waals surface area contributed by atoms with Crippen LogP contribution in [-0.2, 0) is 5.54 Å². The number of rotatable bonds is 3. The fourth-order valence-electron chi connectivity index (χ4n) is 5.10. The summed E-state index contributed by atoms with van der Waals surface area (Å²) in [6.45, 7) is 6.92. The number of anilines is 1. The lowest BCUT2D eigenvalue weighted by atomic mass is 9.87. The Hall–Kier alpha value is -3.59. The molecule has 0 aliphatic carbocycles. The number of fused-ring (bicyclic) bond motifs is 6. The van der Waals surface area contributed by atoms with E-state index in [2.05, 4.69) is 43.5 Å². The van der Waals surface area contributed by atoms with E-state index in [1.807, 2.05) is 54.2 Å². The monoisotopic (exact) mass is 427 g/mol. The van der Waals surface area contributed by atoms with Gasteiger partial charge in [0.2, 0.25) is 5.95 Å². The molecular formula is C23H25N9. The zero-order chi connectivity index (χ0) is 21.9. The molecule has 2 aliphatic rings. The first-order chi connectivity index (χ1) is 15.6. The van der Waals surface area contributed by atoms with Crippen molar-refractivity contribution >= 4 is 5.82 Å². The van der Waals surface area contributed by atoms with E-state index < -0.39 is 0 Å². The average Bonchev–Trinajstić information content (AvgIpc) is 3.47. The highest BCUT2D eigenvalue weighted by Crippen LogP contribution is 2.44. The zero-order valence-corrected chi connectivity index (χ0v) is 18.5. The molecule has 1 atom stereocenters. The number of aromatic nitrogens is 7. The smallest absolute Gasteiger partial charge is 0.237 e. The van der Waals surface area contributed by atoms with Gasteiger partial charge in [-0.1, -0.05) is 37.3 Å². The number of aryl methyl sites for hydroxylation is 1. The third kappa shape index (κ3) is 2.57. The van der Waals surface area contributed by atoms with Gasteiger partial charge >= 0.3 is 0 Å². The Morgan fingerprint density at radius 3 is 2.72 bits per heavy atom. The van der Waals surface area contributed by atoms with E-state index in [9.17, 15) is 0 Å². The molecule has 6 rings (SSSR count). The lowest BCUT2D eigenvalue weighted by Gasteiger charge is -2.52. The maximum atomic E-state index is 5.11. The number of imidazole rings is 1. The summed E-state index contributed by atoms with van der Waals surface area (Å²) in [4.78, 5) is 19.2. The molecule has 0 spiro atoms. The van der Waals surface area contributed by atoms with Crippen LogP contribution >= 0.6 is 0 Å². The van der Waals surface area contributed by atoms with Crippen molar-refractivity contribution in [3.8, 4) is 23.0 Å². The molecule has 0 saturated carbocycles. The van der Waals surface area contributed by atoms with E-state index in [4.69, 9.17) is 9.97 Å². The van der Waals surface area contributed by atoms with Crippen LogP contribution in [0.5, 0.6) is 0 Å². The van der Waals surface area contributed by atoms with Gasteiger partial charge in [0.15, 0.2) is 11.6 Å². The fourth-order valence-corrected chi connectivity index (χ4v) is 5.10. The summed E-state index contributed by atoms with van der Waals surface area (Å²) in [6.07, 6.45) is 6.51. The number of benzene rings is 1. The van der Waals surface area contributed by atoms with Crippen LogP contribution in [0.3, 0.4) is 0 Å². The number of hydrogen-bond acceptors (Lipinski definition) is 7. The number of piperazine rings is 1. The van der Waals surface area contributed by atoms with Crippen LogP contribution in [0.2, 0.25) is 0 Å². The predicted molar refractivity (Wildman–Crippen MR) is 121 cm³/mol. The van der Waals surface area contributed by atoms with Crippen molar-refractivity contribution in [3.05, 3.63) is 60.6 Å². The fraction of sp³-hybridized carbons (Fsp3) is 0.348. The second kappa shape index (κ2) is 6.96. The first-order valence-electron chi connectivity index (χ1n) is 11.0. The van der Waals surface area contributed by atoms with Gasteiger partial charge in [-0.3, -0.25) is 9.13 Å². The van der Waals surface area contributed by atoms with E-state index in [1.165, 1.54) is 0 Å². The van der Waals surface area contributed by atoms with Crippen molar-refractivity contribution in [2.45, 2.75) is 25.8 Å². The van der Waals surface area contributed by atoms with Gasteiger partial charge in [0.1, 0.15) is 22.9 Å². The molecule has 0 N–H and O–H groups in total. The molecule has 1 saturated heterocycles. The van der Waals surface area contributed by atoms with Gasteiger partial charge in [-0.05, 0) is 20.4 Å². The summed E-state index contributed by atoms with van der Waals surface area (Å²) in [5, 5.41) is 9.05. The van der Waals surface area contributed by atoms with E-state index in [-0.39, 0.29) is 5.54 Å². The molecule has 1 fully saturated rings. The maximum absolute atomic E-state index is 5.11. The predicted octanol–water partition coefficient (Wildman–Crippen LogP) is 2.59. The molecule has 32 heavy (non-hydrogen) atoms. The maximum Gasteiger partial charge on any atom is 0.237 e. The van der Waals surface area contributed by atoms with Crippen LogP contribution in [0.15, 0.2) is 48.9 Å². The minimum absolute atomic E-state index is 0.274. The highest BCUT2D eigenvalue weighted by Gasteiger charge is 2.50. The Balaban J connectivity index is 1.55. The highest BCUT2D eigenvalue weighted by atomic mass is 15.4. The lowest BCUT2D eigenvalue weighted by molar-refractivity contribution is 0.172. The molecule has 2 aliphatic heterocycles. The minimum atomic E-state index is -0.274. The summed E-state index contributed by atoms with van der Waals surface area (Å²) in [6, 6.07) is 10.1. The van der Waals surface area contributed by atoms with Gasteiger partial charge in [0.05, 0.1) is 6.20 Å². The molecule has 3 aromatic heterocycles. The number of likely N-dealkylation sites (N-methyl/N-ethyl adjacent to an activating group) is 1. The first kappa shape index (κ1) is 19.1. The van der Waals surface area contributed by atoms with Gasteiger partial charge in [0.25, 0.3) is 0 Å². The summed E-state index contributed by atoms with van der Waals surface area (Å²) in [5.74, 6) is 4.18. The number of hydrogen-bond donors (Lipinski definition) is 0. The van der Waals surface area contributed by atoms with Crippen LogP contribution in [0, 0.1) is 6.92 Å². The molecule has 0 amide bonds. The first-order valence-corrected chi connectivity index (χ1v) is 11.0. The third-order valence-electron chi connectivity index (χ3n) is 6.70. The van der Waals surface area contributed by atoms with Gasteiger partial charge < -0.3 is 9.80 Å². The van der Waals surface area contributed by atoms with E-state index in [0.29, 0.717) is 5.95 Å². The largest absolute Gasteiger partial charge is 0.339 e. The van der Waals surface area contributed by atoms with Gasteiger partial charge in [-0.2, -0.15) is 4.98 Å². The lowest BCUT2D eigenvalue weighted by Crippen LogP contribution is -2.62. The SMILES string of the molecule is CC[C@@]12CN(C)CCN1c1nc(-n3ccnc3-c3ccccc3)ncc1-n1c(C)nnc12. The molecule has 4 aromatic rings. The van der Waals surface area contributed by atoms with Crippen molar-refractivity contribution in [3.63, 3.8) is 0 Å². The standard InChI is InChI=1S/C23H25N9/c1-4-23-15-29(3)12-13-31(23)20-18(32-16(2)27-28-21(23)32)14-25-22(26-20)30-11-10-24-19(30)17-8-6-5-7-9-17/h5-11,14H,4,12-13,15H2,1-3H3/t23-/m0/s1. The Bertz CT molecular complexity index is 1290. The molecule has 9 nitrogen and oxygen atoms in total. The third-order valence-corrected chi connectivity index (χ3v) is 6.70.